The number of anilines is 2. The van der Waals surface area contributed by atoms with Crippen molar-refractivity contribution in [1.29, 1.82) is 0 Å². The molecule has 0 spiro atoms. The fraction of sp³-hybridized carbons (Fsp3) is 0.714. The van der Waals surface area contributed by atoms with Crippen molar-refractivity contribution in [3.63, 3.8) is 0 Å². The molecule has 19 heavy (non-hydrogen) atoms. The summed E-state index contributed by atoms with van der Waals surface area (Å²) in [5.41, 5.74) is 2.64. The van der Waals surface area contributed by atoms with Crippen LogP contribution in [0.3, 0.4) is 0 Å². The van der Waals surface area contributed by atoms with Gasteiger partial charge in [0, 0.05) is 18.5 Å². The molecule has 5 nitrogen and oxygen atoms in total. The Morgan fingerprint density at radius 3 is 2.63 bits per heavy atom. The second kappa shape index (κ2) is 5.33. The van der Waals surface area contributed by atoms with Crippen LogP contribution in [0.2, 0.25) is 0 Å². The Morgan fingerprint density at radius 2 is 2.00 bits per heavy atom. The molecule has 1 aromatic heterocycles. The lowest BCUT2D eigenvalue weighted by atomic mass is 9.98. The fourth-order valence-corrected chi connectivity index (χ4v) is 2.92. The summed E-state index contributed by atoms with van der Waals surface area (Å²) in [6.07, 6.45) is 6.45. The van der Waals surface area contributed by atoms with Crippen LogP contribution in [0.4, 0.5) is 11.6 Å². The number of hydrogen-bond donors (Lipinski definition) is 3. The quantitative estimate of drug-likeness (QED) is 0.561. The highest BCUT2D eigenvalue weighted by Crippen LogP contribution is 2.39. The van der Waals surface area contributed by atoms with Gasteiger partial charge in [-0.15, -0.1) is 0 Å². The van der Waals surface area contributed by atoms with Gasteiger partial charge >= 0.3 is 0 Å². The average Bonchev–Trinajstić information content (AvgIpc) is 3.20. The Balaban J connectivity index is 1.67. The first-order chi connectivity index (χ1) is 9.26. The number of hydrogen-bond acceptors (Lipinski definition) is 5. The molecule has 4 N–H and O–H groups in total. The minimum absolute atomic E-state index is 0.541. The molecule has 1 aromatic rings. The first kappa shape index (κ1) is 12.7. The molecule has 5 heteroatoms. The van der Waals surface area contributed by atoms with Gasteiger partial charge in [0.1, 0.15) is 17.5 Å². The van der Waals surface area contributed by atoms with Crippen LogP contribution in [0.25, 0.3) is 0 Å². The Morgan fingerprint density at radius 1 is 1.21 bits per heavy atom. The van der Waals surface area contributed by atoms with Gasteiger partial charge in [-0.05, 0) is 31.1 Å². The molecule has 0 amide bonds. The van der Waals surface area contributed by atoms with Crippen LogP contribution in [-0.2, 0) is 0 Å². The number of hydrazine groups is 1. The molecule has 2 saturated carbocycles. The van der Waals surface area contributed by atoms with E-state index in [1.54, 1.807) is 0 Å². The molecule has 2 unspecified atom stereocenters. The Bertz CT molecular complexity index is 443. The highest BCUT2D eigenvalue weighted by molar-refractivity contribution is 5.47. The largest absolute Gasteiger partial charge is 0.370 e. The molecule has 0 bridgehead atoms. The molecule has 2 aliphatic rings. The standard InChI is InChI=1S/C14H23N5/c1-9-3-2-4-11(9)8-16-12-7-13(19-15)18-14(17-12)10-5-6-10/h7,9-11H,2-6,8,15H2,1H3,(H2,16,17,18,19). The van der Waals surface area contributed by atoms with E-state index >= 15 is 0 Å². The summed E-state index contributed by atoms with van der Waals surface area (Å²) < 4.78 is 0. The van der Waals surface area contributed by atoms with Crippen molar-refractivity contribution < 1.29 is 0 Å². The molecule has 0 radical (unpaired) electrons. The van der Waals surface area contributed by atoms with Crippen molar-refractivity contribution in [3.05, 3.63) is 11.9 Å². The summed E-state index contributed by atoms with van der Waals surface area (Å²) in [6.45, 7) is 3.36. The summed E-state index contributed by atoms with van der Waals surface area (Å²) in [5.74, 6) is 10.2. The van der Waals surface area contributed by atoms with Gasteiger partial charge < -0.3 is 10.7 Å². The summed E-state index contributed by atoms with van der Waals surface area (Å²) in [7, 11) is 0. The maximum absolute atomic E-state index is 5.48. The molecule has 0 aromatic carbocycles. The molecule has 3 rings (SSSR count). The van der Waals surface area contributed by atoms with E-state index in [-0.39, 0.29) is 0 Å². The topological polar surface area (TPSA) is 75.9 Å². The Kier molecular flexibility index (Phi) is 3.55. The number of aromatic nitrogens is 2. The molecule has 0 saturated heterocycles. The number of nitrogens with one attached hydrogen (secondary N) is 2. The number of nitrogen functional groups attached to an aromatic ring is 1. The second-order valence-electron chi connectivity index (χ2n) is 5.96. The van der Waals surface area contributed by atoms with Crippen LogP contribution in [0.15, 0.2) is 6.07 Å². The lowest BCUT2D eigenvalue weighted by Gasteiger charge is -2.17. The van der Waals surface area contributed by atoms with Crippen LogP contribution in [0.1, 0.15) is 50.8 Å². The predicted octanol–water partition coefficient (Wildman–Crippen LogP) is 2.49. The smallest absolute Gasteiger partial charge is 0.145 e. The maximum atomic E-state index is 5.48. The van der Waals surface area contributed by atoms with Crippen molar-refractivity contribution in [2.75, 3.05) is 17.3 Å². The molecule has 2 atom stereocenters. The number of nitrogens with zero attached hydrogens (tertiary/aromatic N) is 2. The van der Waals surface area contributed by atoms with Crippen molar-refractivity contribution in [1.82, 2.24) is 9.97 Å². The Labute approximate surface area is 114 Å². The zero-order valence-corrected chi connectivity index (χ0v) is 11.5. The van der Waals surface area contributed by atoms with Crippen LogP contribution >= 0.6 is 0 Å². The van der Waals surface area contributed by atoms with E-state index in [0.29, 0.717) is 11.7 Å². The SMILES string of the molecule is CC1CCCC1CNc1cc(NN)nc(C2CC2)n1. The molecule has 2 fully saturated rings. The van der Waals surface area contributed by atoms with Gasteiger partial charge in [0.25, 0.3) is 0 Å². The van der Waals surface area contributed by atoms with E-state index in [0.717, 1.165) is 30.0 Å². The van der Waals surface area contributed by atoms with E-state index in [9.17, 15) is 0 Å². The second-order valence-corrected chi connectivity index (χ2v) is 5.96. The number of rotatable bonds is 5. The first-order valence-corrected chi connectivity index (χ1v) is 7.35. The van der Waals surface area contributed by atoms with Gasteiger partial charge in [0.05, 0.1) is 0 Å². The zero-order valence-electron chi connectivity index (χ0n) is 11.5. The van der Waals surface area contributed by atoms with Crippen LogP contribution < -0.4 is 16.6 Å². The van der Waals surface area contributed by atoms with Crippen molar-refractivity contribution in [2.45, 2.75) is 44.9 Å². The molecular formula is C14H23N5. The maximum Gasteiger partial charge on any atom is 0.145 e. The predicted molar refractivity (Wildman–Crippen MR) is 76.8 cm³/mol. The van der Waals surface area contributed by atoms with Crippen LogP contribution in [-0.4, -0.2) is 16.5 Å². The molecule has 2 aliphatic carbocycles. The highest BCUT2D eigenvalue weighted by Gasteiger charge is 2.28. The van der Waals surface area contributed by atoms with Gasteiger partial charge in [-0.1, -0.05) is 19.8 Å². The molecule has 1 heterocycles. The van der Waals surface area contributed by atoms with Crippen LogP contribution in [0.5, 0.6) is 0 Å². The normalized spacial score (nSPS) is 26.4. The van der Waals surface area contributed by atoms with Gasteiger partial charge in [-0.25, -0.2) is 15.8 Å². The fourth-order valence-electron chi connectivity index (χ4n) is 2.92. The summed E-state index contributed by atoms with van der Waals surface area (Å²) >= 11 is 0. The van der Waals surface area contributed by atoms with Gasteiger partial charge in [-0.2, -0.15) is 0 Å². The zero-order chi connectivity index (χ0) is 13.2. The summed E-state index contributed by atoms with van der Waals surface area (Å²) in [4.78, 5) is 9.03. The first-order valence-electron chi connectivity index (χ1n) is 7.35. The van der Waals surface area contributed by atoms with Gasteiger partial charge in [-0.3, -0.25) is 0 Å². The van der Waals surface area contributed by atoms with Crippen molar-refractivity contribution in [2.24, 2.45) is 17.7 Å². The molecule has 104 valence electrons. The third-order valence-electron chi connectivity index (χ3n) is 4.42. The minimum Gasteiger partial charge on any atom is -0.370 e. The van der Waals surface area contributed by atoms with Gasteiger partial charge in [0.15, 0.2) is 0 Å². The van der Waals surface area contributed by atoms with E-state index in [1.165, 1.54) is 32.1 Å². The van der Waals surface area contributed by atoms with Crippen LogP contribution in [0, 0.1) is 11.8 Å². The van der Waals surface area contributed by atoms with E-state index in [1.807, 2.05) is 6.07 Å². The lowest BCUT2D eigenvalue weighted by Crippen LogP contribution is -2.18. The third kappa shape index (κ3) is 2.97. The average molecular weight is 261 g/mol. The van der Waals surface area contributed by atoms with E-state index in [2.05, 4.69) is 27.6 Å². The molecule has 0 aliphatic heterocycles. The summed E-state index contributed by atoms with van der Waals surface area (Å²) in [5, 5.41) is 3.47. The van der Waals surface area contributed by atoms with Gasteiger partial charge in [0.2, 0.25) is 0 Å². The van der Waals surface area contributed by atoms with E-state index < -0.39 is 0 Å². The third-order valence-corrected chi connectivity index (χ3v) is 4.42. The number of nitrogens with two attached hydrogens (primary N) is 1. The lowest BCUT2D eigenvalue weighted by molar-refractivity contribution is 0.439. The highest BCUT2D eigenvalue weighted by atomic mass is 15.3. The Hall–Kier alpha value is -1.36. The monoisotopic (exact) mass is 261 g/mol. The summed E-state index contributed by atoms with van der Waals surface area (Å²) in [6, 6.07) is 1.89. The van der Waals surface area contributed by atoms with E-state index in [4.69, 9.17) is 5.84 Å². The minimum atomic E-state index is 0.541. The van der Waals surface area contributed by atoms with Crippen molar-refractivity contribution in [3.8, 4) is 0 Å². The van der Waals surface area contributed by atoms with Crippen molar-refractivity contribution >= 4 is 11.6 Å². The molecular weight excluding hydrogens is 238 g/mol.